The van der Waals surface area contributed by atoms with Crippen LogP contribution in [0.4, 0.5) is 5.69 Å². The lowest BCUT2D eigenvalue weighted by atomic mass is 10.1. The van der Waals surface area contributed by atoms with Crippen molar-refractivity contribution in [3.05, 3.63) is 74.6 Å². The molecule has 0 saturated heterocycles. The maximum Gasteiger partial charge on any atom is 0.296 e. The minimum Gasteiger partial charge on any atom is -0.283 e. The lowest BCUT2D eigenvalue weighted by Gasteiger charge is -2.13. The molecule has 0 aliphatic heterocycles. The minimum atomic E-state index is -3.91. The van der Waals surface area contributed by atoms with Gasteiger partial charge in [0, 0.05) is 11.5 Å². The van der Waals surface area contributed by atoms with Gasteiger partial charge in [-0.2, -0.15) is 0 Å². The zero-order chi connectivity index (χ0) is 20.6. The van der Waals surface area contributed by atoms with E-state index < -0.39 is 15.6 Å². The lowest BCUT2D eigenvalue weighted by Crippen LogP contribution is -2.23. The summed E-state index contributed by atoms with van der Waals surface area (Å²) >= 11 is 3.37. The van der Waals surface area contributed by atoms with Gasteiger partial charge in [0.1, 0.15) is 5.69 Å². The summed E-state index contributed by atoms with van der Waals surface area (Å²) in [6.45, 7) is 5.66. The number of para-hydroxylation sites is 1. The molecule has 0 aliphatic rings. The maximum atomic E-state index is 13.2. The summed E-state index contributed by atoms with van der Waals surface area (Å²) < 4.78 is 32.5. The molecule has 0 amide bonds. The SMILES string of the molecule is Cc1cc(S(=O)(=O)Nc2c(C(C)C)n(C)n(-c3ccccc3)c2=O)ccc1Br. The van der Waals surface area contributed by atoms with Crippen molar-refractivity contribution < 1.29 is 8.42 Å². The molecule has 8 heteroatoms. The highest BCUT2D eigenvalue weighted by Crippen LogP contribution is 2.26. The molecular formula is C20H22BrN3O3S. The number of hydrogen-bond acceptors (Lipinski definition) is 3. The molecule has 3 aromatic rings. The number of aromatic nitrogens is 2. The molecule has 3 rings (SSSR count). The number of sulfonamides is 1. The lowest BCUT2D eigenvalue weighted by molar-refractivity contribution is 0.594. The zero-order valence-corrected chi connectivity index (χ0v) is 18.5. The summed E-state index contributed by atoms with van der Waals surface area (Å²) in [5.41, 5.74) is 1.74. The van der Waals surface area contributed by atoms with Gasteiger partial charge in [0.2, 0.25) is 0 Å². The summed E-state index contributed by atoms with van der Waals surface area (Å²) in [7, 11) is -2.16. The second-order valence-electron chi connectivity index (χ2n) is 6.91. The first kappa shape index (κ1) is 20.4. The molecule has 0 unspecified atom stereocenters. The highest BCUT2D eigenvalue weighted by atomic mass is 79.9. The molecule has 1 aromatic heterocycles. The first-order valence-corrected chi connectivity index (χ1v) is 11.1. The summed E-state index contributed by atoms with van der Waals surface area (Å²) in [4.78, 5) is 13.3. The normalized spacial score (nSPS) is 11.8. The third-order valence-corrected chi connectivity index (χ3v) is 6.77. The number of hydrogen-bond donors (Lipinski definition) is 1. The Bertz CT molecular complexity index is 1180. The maximum absolute atomic E-state index is 13.2. The summed E-state index contributed by atoms with van der Waals surface area (Å²) in [5.74, 6) is -0.0629. The Labute approximate surface area is 173 Å². The van der Waals surface area contributed by atoms with Crippen LogP contribution in [0.3, 0.4) is 0 Å². The van der Waals surface area contributed by atoms with E-state index in [1.807, 2.05) is 51.1 Å². The van der Waals surface area contributed by atoms with Gasteiger partial charge in [-0.15, -0.1) is 0 Å². The van der Waals surface area contributed by atoms with Gasteiger partial charge in [0.15, 0.2) is 0 Å². The highest BCUT2D eigenvalue weighted by Gasteiger charge is 2.26. The summed E-state index contributed by atoms with van der Waals surface area (Å²) in [6.07, 6.45) is 0. The van der Waals surface area contributed by atoms with Crippen LogP contribution >= 0.6 is 15.9 Å². The van der Waals surface area contributed by atoms with Gasteiger partial charge < -0.3 is 0 Å². The van der Waals surface area contributed by atoms with E-state index in [-0.39, 0.29) is 16.5 Å². The van der Waals surface area contributed by atoms with Gasteiger partial charge in [-0.3, -0.25) is 14.2 Å². The molecule has 0 spiro atoms. The molecule has 28 heavy (non-hydrogen) atoms. The largest absolute Gasteiger partial charge is 0.296 e. The molecule has 1 N–H and O–H groups in total. The fraction of sp³-hybridized carbons (Fsp3) is 0.250. The number of halogens is 1. The highest BCUT2D eigenvalue weighted by molar-refractivity contribution is 9.10. The molecular weight excluding hydrogens is 442 g/mol. The zero-order valence-electron chi connectivity index (χ0n) is 16.1. The van der Waals surface area contributed by atoms with Gasteiger partial charge in [0.05, 0.1) is 16.3 Å². The van der Waals surface area contributed by atoms with Crippen LogP contribution in [0.25, 0.3) is 5.69 Å². The summed E-state index contributed by atoms with van der Waals surface area (Å²) in [5, 5.41) is 0. The Balaban J connectivity index is 2.16. The van der Waals surface area contributed by atoms with Crippen LogP contribution in [0.2, 0.25) is 0 Å². The number of rotatable bonds is 5. The molecule has 0 saturated carbocycles. The van der Waals surface area contributed by atoms with Crippen molar-refractivity contribution >= 4 is 31.6 Å². The molecule has 0 radical (unpaired) electrons. The Hall–Kier alpha value is -2.32. The predicted molar refractivity (Wildman–Crippen MR) is 115 cm³/mol. The smallest absolute Gasteiger partial charge is 0.283 e. The van der Waals surface area contributed by atoms with Crippen molar-refractivity contribution in [2.45, 2.75) is 31.6 Å². The molecule has 0 fully saturated rings. The van der Waals surface area contributed by atoms with Crippen LogP contribution < -0.4 is 10.3 Å². The van der Waals surface area contributed by atoms with E-state index in [4.69, 9.17) is 0 Å². The second kappa shape index (κ2) is 7.60. The molecule has 148 valence electrons. The molecule has 0 aliphatic carbocycles. The van der Waals surface area contributed by atoms with Crippen molar-refractivity contribution in [1.29, 1.82) is 0 Å². The van der Waals surface area contributed by atoms with Crippen molar-refractivity contribution in [1.82, 2.24) is 9.36 Å². The Morgan fingerprint density at radius 3 is 2.29 bits per heavy atom. The van der Waals surface area contributed by atoms with E-state index in [0.29, 0.717) is 11.4 Å². The molecule has 0 bridgehead atoms. The van der Waals surface area contributed by atoms with E-state index in [0.717, 1.165) is 10.0 Å². The third-order valence-electron chi connectivity index (χ3n) is 4.53. The van der Waals surface area contributed by atoms with Crippen LogP contribution in [-0.2, 0) is 17.1 Å². The quantitative estimate of drug-likeness (QED) is 0.616. The summed E-state index contributed by atoms with van der Waals surface area (Å²) in [6, 6.07) is 13.9. The van der Waals surface area contributed by atoms with E-state index >= 15 is 0 Å². The first-order valence-electron chi connectivity index (χ1n) is 8.79. The van der Waals surface area contributed by atoms with Gasteiger partial charge >= 0.3 is 0 Å². The number of anilines is 1. The van der Waals surface area contributed by atoms with Crippen molar-refractivity contribution in [3.63, 3.8) is 0 Å². The fourth-order valence-electron chi connectivity index (χ4n) is 3.22. The second-order valence-corrected chi connectivity index (χ2v) is 9.44. The topological polar surface area (TPSA) is 73.1 Å². The average Bonchev–Trinajstić information content (AvgIpc) is 2.87. The van der Waals surface area contributed by atoms with E-state index in [2.05, 4.69) is 20.7 Å². The Morgan fingerprint density at radius 1 is 1.07 bits per heavy atom. The van der Waals surface area contributed by atoms with Crippen LogP contribution in [0, 0.1) is 6.92 Å². The van der Waals surface area contributed by atoms with Gasteiger partial charge in [-0.25, -0.2) is 13.1 Å². The van der Waals surface area contributed by atoms with Crippen molar-refractivity contribution in [2.75, 3.05) is 4.72 Å². The molecule has 2 aromatic carbocycles. The van der Waals surface area contributed by atoms with Gasteiger partial charge in [0.25, 0.3) is 15.6 Å². The van der Waals surface area contributed by atoms with Crippen LogP contribution in [0.5, 0.6) is 0 Å². The number of nitrogens with zero attached hydrogens (tertiary/aromatic N) is 2. The van der Waals surface area contributed by atoms with Crippen LogP contribution in [-0.4, -0.2) is 17.8 Å². The van der Waals surface area contributed by atoms with Gasteiger partial charge in [-0.1, -0.05) is 48.0 Å². The average molecular weight is 464 g/mol. The Kier molecular flexibility index (Phi) is 5.54. The minimum absolute atomic E-state index is 0.0629. The third kappa shape index (κ3) is 3.66. The van der Waals surface area contributed by atoms with Crippen molar-refractivity contribution in [2.24, 2.45) is 7.05 Å². The van der Waals surface area contributed by atoms with Gasteiger partial charge in [-0.05, 0) is 48.7 Å². The number of aryl methyl sites for hydroxylation is 1. The van der Waals surface area contributed by atoms with E-state index in [9.17, 15) is 13.2 Å². The standard InChI is InChI=1S/C20H22BrN3O3S/c1-13(2)19-18(20(25)24(23(19)4)15-8-6-5-7-9-15)22-28(26,27)16-10-11-17(21)14(3)12-16/h5-13,22H,1-4H3. The molecule has 6 nitrogen and oxygen atoms in total. The van der Waals surface area contributed by atoms with E-state index in [1.54, 1.807) is 23.9 Å². The van der Waals surface area contributed by atoms with Crippen LogP contribution in [0.1, 0.15) is 31.0 Å². The number of nitrogens with one attached hydrogen (secondary N) is 1. The fourth-order valence-corrected chi connectivity index (χ4v) is 4.62. The number of benzene rings is 2. The van der Waals surface area contributed by atoms with E-state index in [1.165, 1.54) is 10.7 Å². The molecule has 0 atom stereocenters. The first-order chi connectivity index (χ1) is 13.1. The molecule has 1 heterocycles. The predicted octanol–water partition coefficient (Wildman–Crippen LogP) is 4.17. The Morgan fingerprint density at radius 2 is 1.71 bits per heavy atom. The van der Waals surface area contributed by atoms with Crippen molar-refractivity contribution in [3.8, 4) is 5.69 Å². The monoisotopic (exact) mass is 463 g/mol. The van der Waals surface area contributed by atoms with Crippen LogP contribution in [0.15, 0.2) is 62.7 Å².